The molecule has 0 aliphatic heterocycles. The molecule has 2 unspecified atom stereocenters. The predicted octanol–water partition coefficient (Wildman–Crippen LogP) is 4.25. The first kappa shape index (κ1) is 12.4. The van der Waals surface area contributed by atoms with E-state index in [-0.39, 0.29) is 0 Å². The molecule has 0 radical (unpaired) electrons. The zero-order valence-electron chi connectivity index (χ0n) is 9.19. The second-order valence-corrected chi connectivity index (χ2v) is 6.04. The third-order valence-corrected chi connectivity index (χ3v) is 3.28. The fourth-order valence-electron chi connectivity index (χ4n) is 1.26. The summed E-state index contributed by atoms with van der Waals surface area (Å²) in [7, 11) is 2.99. The van der Waals surface area contributed by atoms with Crippen LogP contribution in [0, 0.1) is 5.92 Å². The van der Waals surface area contributed by atoms with Gasteiger partial charge in [0.25, 0.3) is 0 Å². The van der Waals surface area contributed by atoms with Gasteiger partial charge in [-0.25, -0.2) is 0 Å². The lowest BCUT2D eigenvalue weighted by Crippen LogP contribution is -2.13. The Morgan fingerprint density at radius 3 is 2.25 bits per heavy atom. The van der Waals surface area contributed by atoms with Gasteiger partial charge in [-0.05, 0) is 23.9 Å². The normalized spacial score (nSPS) is 16.5. The van der Waals surface area contributed by atoms with Crippen molar-refractivity contribution in [2.75, 3.05) is 0 Å². The highest BCUT2D eigenvalue weighted by atomic mass is 31.0. The van der Waals surface area contributed by atoms with Crippen molar-refractivity contribution in [2.24, 2.45) is 5.92 Å². The third kappa shape index (κ3) is 7.10. The summed E-state index contributed by atoms with van der Waals surface area (Å²) in [4.78, 5) is 0. The zero-order chi connectivity index (χ0) is 9.61. The Bertz CT molecular complexity index is 106. The molecule has 0 aliphatic rings. The highest BCUT2D eigenvalue weighted by molar-refractivity contribution is 7.18. The third-order valence-electron chi connectivity index (χ3n) is 2.59. The van der Waals surface area contributed by atoms with E-state index in [1.54, 1.807) is 0 Å². The van der Waals surface area contributed by atoms with Crippen molar-refractivity contribution in [2.45, 2.75) is 65.0 Å². The van der Waals surface area contributed by atoms with Crippen molar-refractivity contribution >= 4 is 9.24 Å². The lowest BCUT2D eigenvalue weighted by Gasteiger charge is -2.22. The van der Waals surface area contributed by atoms with Crippen molar-refractivity contribution in [1.29, 1.82) is 0 Å². The van der Waals surface area contributed by atoms with E-state index >= 15 is 0 Å². The van der Waals surface area contributed by atoms with E-state index in [1.807, 2.05) is 0 Å². The highest BCUT2D eigenvalue weighted by Crippen LogP contribution is 2.28. The topological polar surface area (TPSA) is 0 Å². The number of hydrogen-bond acceptors (Lipinski definition) is 0. The first-order chi connectivity index (χ1) is 5.48. The Hall–Kier alpha value is 0.430. The molecule has 0 spiro atoms. The molecule has 12 heavy (non-hydrogen) atoms. The minimum atomic E-state index is 0.497. The average molecular weight is 188 g/mol. The van der Waals surface area contributed by atoms with Gasteiger partial charge in [0.15, 0.2) is 0 Å². The Labute approximate surface area is 80.7 Å². The molecule has 1 heteroatoms. The summed E-state index contributed by atoms with van der Waals surface area (Å²) in [6.45, 7) is 9.22. The molecule has 0 nitrogen and oxygen atoms in total. The molecule has 2 atom stereocenters. The van der Waals surface area contributed by atoms with Gasteiger partial charge in [-0.3, -0.25) is 0 Å². The fourth-order valence-corrected chi connectivity index (χ4v) is 1.46. The van der Waals surface area contributed by atoms with Crippen LogP contribution in [-0.2, 0) is 0 Å². The van der Waals surface area contributed by atoms with Gasteiger partial charge in [0.1, 0.15) is 0 Å². The molecule has 0 rings (SSSR count). The number of hydrogen-bond donors (Lipinski definition) is 0. The summed E-state index contributed by atoms with van der Waals surface area (Å²) < 4.78 is 0. The molecule has 0 saturated heterocycles. The molecular formula is C11H25P. The molecule has 0 saturated carbocycles. The zero-order valence-corrected chi connectivity index (χ0v) is 10.3. The van der Waals surface area contributed by atoms with Gasteiger partial charge in [0.05, 0.1) is 0 Å². The van der Waals surface area contributed by atoms with E-state index in [2.05, 4.69) is 36.9 Å². The molecule has 0 aliphatic carbocycles. The molecule has 0 heterocycles. The van der Waals surface area contributed by atoms with Crippen LogP contribution in [0.3, 0.4) is 0 Å². The van der Waals surface area contributed by atoms with Crippen molar-refractivity contribution in [1.82, 2.24) is 0 Å². The second-order valence-electron chi connectivity index (χ2n) is 4.65. The maximum absolute atomic E-state index is 2.99. The van der Waals surface area contributed by atoms with E-state index < -0.39 is 0 Å². The van der Waals surface area contributed by atoms with Crippen molar-refractivity contribution in [3.8, 4) is 0 Å². The molecule has 0 aromatic rings. The van der Waals surface area contributed by atoms with Crippen LogP contribution in [0.1, 0.15) is 59.8 Å². The molecule has 0 aromatic heterocycles. The van der Waals surface area contributed by atoms with Crippen LogP contribution in [0.15, 0.2) is 0 Å². The minimum Gasteiger partial charge on any atom is -0.131 e. The van der Waals surface area contributed by atoms with Crippen LogP contribution in [0.2, 0.25) is 0 Å². The van der Waals surface area contributed by atoms with Gasteiger partial charge in [0.2, 0.25) is 0 Å². The first-order valence-electron chi connectivity index (χ1n) is 5.27. The lowest BCUT2D eigenvalue weighted by molar-refractivity contribution is 0.481. The van der Waals surface area contributed by atoms with Crippen LogP contribution in [0.4, 0.5) is 0 Å². The summed E-state index contributed by atoms with van der Waals surface area (Å²) in [5, 5.41) is 0.497. The monoisotopic (exact) mass is 188 g/mol. The van der Waals surface area contributed by atoms with Gasteiger partial charge in [-0.2, -0.15) is 0 Å². The molecule has 0 N–H and O–H groups in total. The SMILES string of the molecule is CCC(C)(P)CCCCC(C)C. The average Bonchev–Trinajstić information content (AvgIpc) is 1.98. The fraction of sp³-hybridized carbons (Fsp3) is 1.00. The van der Waals surface area contributed by atoms with E-state index in [9.17, 15) is 0 Å². The Kier molecular flexibility index (Phi) is 6.19. The van der Waals surface area contributed by atoms with Gasteiger partial charge in [-0.1, -0.05) is 47.0 Å². The maximum atomic E-state index is 2.99. The van der Waals surface area contributed by atoms with Crippen LogP contribution in [0.25, 0.3) is 0 Å². The van der Waals surface area contributed by atoms with E-state index in [4.69, 9.17) is 0 Å². The largest absolute Gasteiger partial charge is 0.131 e. The smallest absolute Gasteiger partial charge is 0.0181 e. The molecular weight excluding hydrogens is 163 g/mol. The Morgan fingerprint density at radius 1 is 1.25 bits per heavy atom. The van der Waals surface area contributed by atoms with Crippen LogP contribution in [0.5, 0.6) is 0 Å². The van der Waals surface area contributed by atoms with Crippen molar-refractivity contribution < 1.29 is 0 Å². The standard InChI is InChI=1S/C11H25P/c1-5-11(4,12)9-7-6-8-10(2)3/h10H,5-9,12H2,1-4H3. The van der Waals surface area contributed by atoms with Crippen LogP contribution in [-0.4, -0.2) is 5.16 Å². The van der Waals surface area contributed by atoms with Crippen LogP contribution < -0.4 is 0 Å². The summed E-state index contributed by atoms with van der Waals surface area (Å²) in [6, 6.07) is 0. The van der Waals surface area contributed by atoms with Gasteiger partial charge in [0, 0.05) is 0 Å². The summed E-state index contributed by atoms with van der Waals surface area (Å²) in [6.07, 6.45) is 6.83. The molecule has 0 aromatic carbocycles. The Morgan fingerprint density at radius 2 is 1.83 bits per heavy atom. The minimum absolute atomic E-state index is 0.497. The molecule has 0 amide bonds. The number of rotatable bonds is 6. The van der Waals surface area contributed by atoms with Gasteiger partial charge >= 0.3 is 0 Å². The van der Waals surface area contributed by atoms with Gasteiger partial charge < -0.3 is 0 Å². The number of unbranched alkanes of at least 4 members (excludes halogenated alkanes) is 1. The first-order valence-corrected chi connectivity index (χ1v) is 5.84. The highest BCUT2D eigenvalue weighted by Gasteiger charge is 2.13. The van der Waals surface area contributed by atoms with Crippen molar-refractivity contribution in [3.05, 3.63) is 0 Å². The maximum Gasteiger partial charge on any atom is -0.0181 e. The van der Waals surface area contributed by atoms with Gasteiger partial charge in [-0.15, -0.1) is 9.24 Å². The molecule has 0 fully saturated rings. The summed E-state index contributed by atoms with van der Waals surface area (Å²) in [5.74, 6) is 0.877. The second kappa shape index (κ2) is 5.97. The van der Waals surface area contributed by atoms with E-state index in [0.29, 0.717) is 5.16 Å². The summed E-state index contributed by atoms with van der Waals surface area (Å²) in [5.41, 5.74) is 0. The quantitative estimate of drug-likeness (QED) is 0.432. The van der Waals surface area contributed by atoms with E-state index in [1.165, 1.54) is 32.1 Å². The lowest BCUT2D eigenvalue weighted by atomic mass is 9.97. The van der Waals surface area contributed by atoms with Crippen molar-refractivity contribution in [3.63, 3.8) is 0 Å². The molecule has 74 valence electrons. The van der Waals surface area contributed by atoms with Crippen LogP contribution >= 0.6 is 9.24 Å². The predicted molar refractivity (Wildman–Crippen MR) is 61.7 cm³/mol. The molecule has 0 bridgehead atoms. The van der Waals surface area contributed by atoms with E-state index in [0.717, 1.165) is 5.92 Å². The Balaban J connectivity index is 3.31. The summed E-state index contributed by atoms with van der Waals surface area (Å²) >= 11 is 0.